The minimum Gasteiger partial charge on any atom is -0.495 e. The second kappa shape index (κ2) is 6.15. The third-order valence-corrected chi connectivity index (χ3v) is 6.13. The van der Waals surface area contributed by atoms with Crippen molar-refractivity contribution in [1.29, 1.82) is 0 Å². The fraction of sp³-hybridized carbons (Fsp3) is 0.294. The van der Waals surface area contributed by atoms with Gasteiger partial charge in [-0.25, -0.2) is 13.1 Å². The molecule has 6 heteroatoms. The van der Waals surface area contributed by atoms with Crippen LogP contribution in [0.5, 0.6) is 5.75 Å². The maximum atomic E-state index is 12.8. The van der Waals surface area contributed by atoms with Crippen LogP contribution in [0.1, 0.15) is 24.8 Å². The van der Waals surface area contributed by atoms with Crippen molar-refractivity contribution in [1.82, 2.24) is 4.72 Å². The van der Waals surface area contributed by atoms with Gasteiger partial charge in [-0.2, -0.15) is 0 Å². The fourth-order valence-corrected chi connectivity index (χ4v) is 4.66. The molecule has 0 unspecified atom stereocenters. The summed E-state index contributed by atoms with van der Waals surface area (Å²) in [5.41, 5.74) is 0.474. The molecule has 0 atom stereocenters. The molecule has 1 saturated carbocycles. The highest BCUT2D eigenvalue weighted by Crippen LogP contribution is 2.42. The van der Waals surface area contributed by atoms with Crippen LogP contribution in [-0.2, 0) is 15.6 Å². The molecule has 122 valence electrons. The summed E-state index contributed by atoms with van der Waals surface area (Å²) in [6.07, 6.45) is 2.58. The molecule has 1 aliphatic rings. The Morgan fingerprint density at radius 2 is 1.83 bits per heavy atom. The van der Waals surface area contributed by atoms with Crippen molar-refractivity contribution in [3.8, 4) is 5.75 Å². The predicted molar refractivity (Wildman–Crippen MR) is 90.3 cm³/mol. The van der Waals surface area contributed by atoms with Gasteiger partial charge in [0.05, 0.1) is 22.6 Å². The molecule has 1 N–H and O–H groups in total. The Morgan fingerprint density at radius 3 is 2.35 bits per heavy atom. The molecule has 23 heavy (non-hydrogen) atoms. The summed E-state index contributed by atoms with van der Waals surface area (Å²) in [7, 11) is -2.17. The highest BCUT2D eigenvalue weighted by atomic mass is 35.5. The first-order valence-electron chi connectivity index (χ1n) is 7.40. The highest BCUT2D eigenvalue weighted by Gasteiger charge is 2.42. The maximum Gasteiger partial charge on any atom is 0.241 e. The van der Waals surface area contributed by atoms with E-state index < -0.39 is 15.6 Å². The Kier molecular flexibility index (Phi) is 4.36. The van der Waals surface area contributed by atoms with Crippen LogP contribution in [-0.4, -0.2) is 15.5 Å². The van der Waals surface area contributed by atoms with Gasteiger partial charge in [0.15, 0.2) is 0 Å². The lowest BCUT2D eigenvalue weighted by atomic mass is 9.73. The Hall–Kier alpha value is -1.56. The maximum absolute atomic E-state index is 12.8. The number of methoxy groups -OCH3 is 1. The van der Waals surface area contributed by atoms with E-state index in [1.54, 1.807) is 6.07 Å². The van der Waals surface area contributed by atoms with Crippen LogP contribution in [0.15, 0.2) is 53.4 Å². The highest BCUT2D eigenvalue weighted by molar-refractivity contribution is 7.89. The van der Waals surface area contributed by atoms with Crippen LogP contribution in [0.3, 0.4) is 0 Å². The van der Waals surface area contributed by atoms with Crippen molar-refractivity contribution in [2.75, 3.05) is 7.11 Å². The number of sulfonamides is 1. The van der Waals surface area contributed by atoms with Crippen LogP contribution >= 0.6 is 11.6 Å². The van der Waals surface area contributed by atoms with Crippen molar-refractivity contribution in [3.05, 3.63) is 59.1 Å². The van der Waals surface area contributed by atoms with Crippen LogP contribution in [0.25, 0.3) is 0 Å². The van der Waals surface area contributed by atoms with E-state index in [-0.39, 0.29) is 9.92 Å². The Bertz CT molecular complexity index is 802. The molecular weight excluding hydrogens is 334 g/mol. The zero-order valence-electron chi connectivity index (χ0n) is 12.8. The predicted octanol–water partition coefficient (Wildman–Crippen LogP) is 3.71. The van der Waals surface area contributed by atoms with E-state index in [0.29, 0.717) is 5.75 Å². The van der Waals surface area contributed by atoms with E-state index in [4.69, 9.17) is 16.3 Å². The average molecular weight is 352 g/mol. The zero-order valence-corrected chi connectivity index (χ0v) is 14.3. The Labute approximate surface area is 141 Å². The van der Waals surface area contributed by atoms with Gasteiger partial charge in [-0.15, -0.1) is 0 Å². The number of hydrogen-bond acceptors (Lipinski definition) is 3. The number of hydrogen-bond donors (Lipinski definition) is 1. The topological polar surface area (TPSA) is 55.4 Å². The Balaban J connectivity index is 1.93. The SMILES string of the molecule is COc1ccc(S(=O)(=O)NC2(c3ccccc3)CCC2)cc1Cl. The number of ether oxygens (including phenoxy) is 1. The number of benzene rings is 2. The van der Waals surface area contributed by atoms with E-state index in [1.165, 1.54) is 19.2 Å². The summed E-state index contributed by atoms with van der Waals surface area (Å²) in [5.74, 6) is 0.451. The van der Waals surface area contributed by atoms with Gasteiger partial charge in [-0.05, 0) is 43.0 Å². The molecule has 0 saturated heterocycles. The smallest absolute Gasteiger partial charge is 0.241 e. The van der Waals surface area contributed by atoms with Gasteiger partial charge in [0, 0.05) is 0 Å². The standard InChI is InChI=1S/C17H18ClNO3S/c1-22-16-9-8-14(12-15(16)18)23(20,21)19-17(10-5-11-17)13-6-3-2-4-7-13/h2-4,6-9,12,19H,5,10-11H2,1H3. The van der Waals surface area contributed by atoms with Crippen LogP contribution < -0.4 is 9.46 Å². The fourth-order valence-electron chi connectivity index (χ4n) is 2.87. The summed E-state index contributed by atoms with van der Waals surface area (Å²) in [6.45, 7) is 0. The quantitative estimate of drug-likeness (QED) is 0.893. The van der Waals surface area contributed by atoms with Crippen molar-refractivity contribution in [2.24, 2.45) is 0 Å². The van der Waals surface area contributed by atoms with E-state index in [0.717, 1.165) is 24.8 Å². The molecule has 2 aromatic carbocycles. The third-order valence-electron chi connectivity index (χ3n) is 4.30. The molecule has 4 nitrogen and oxygen atoms in total. The lowest BCUT2D eigenvalue weighted by Gasteiger charge is -2.42. The molecule has 0 spiro atoms. The summed E-state index contributed by atoms with van der Waals surface area (Å²) in [6, 6.07) is 14.2. The molecule has 1 fully saturated rings. The molecular formula is C17H18ClNO3S. The number of halogens is 1. The van der Waals surface area contributed by atoms with Crippen molar-refractivity contribution in [2.45, 2.75) is 29.7 Å². The summed E-state index contributed by atoms with van der Waals surface area (Å²) in [4.78, 5) is 0.144. The zero-order chi connectivity index (χ0) is 16.5. The molecule has 1 aliphatic carbocycles. The van der Waals surface area contributed by atoms with Crippen molar-refractivity contribution in [3.63, 3.8) is 0 Å². The molecule has 0 radical (unpaired) electrons. The molecule has 0 amide bonds. The average Bonchev–Trinajstić information content (AvgIpc) is 2.52. The largest absolute Gasteiger partial charge is 0.495 e. The van der Waals surface area contributed by atoms with Crippen molar-refractivity contribution < 1.29 is 13.2 Å². The first-order valence-corrected chi connectivity index (χ1v) is 9.26. The second-order valence-electron chi connectivity index (χ2n) is 5.70. The summed E-state index contributed by atoms with van der Waals surface area (Å²) >= 11 is 6.05. The van der Waals surface area contributed by atoms with Crippen LogP contribution in [0, 0.1) is 0 Å². The molecule has 0 aliphatic heterocycles. The normalized spacial score (nSPS) is 16.6. The van der Waals surface area contributed by atoms with E-state index in [2.05, 4.69) is 4.72 Å². The van der Waals surface area contributed by atoms with Gasteiger partial charge in [0.25, 0.3) is 0 Å². The third kappa shape index (κ3) is 3.09. The first kappa shape index (κ1) is 16.3. The molecule has 0 bridgehead atoms. The monoisotopic (exact) mass is 351 g/mol. The number of nitrogens with one attached hydrogen (secondary N) is 1. The second-order valence-corrected chi connectivity index (χ2v) is 7.79. The molecule has 2 aromatic rings. The summed E-state index contributed by atoms with van der Waals surface area (Å²) < 4.78 is 33.5. The van der Waals surface area contributed by atoms with Gasteiger partial charge in [0.1, 0.15) is 5.75 Å². The van der Waals surface area contributed by atoms with Crippen LogP contribution in [0.4, 0.5) is 0 Å². The van der Waals surface area contributed by atoms with Gasteiger partial charge in [-0.1, -0.05) is 41.9 Å². The molecule has 0 aromatic heterocycles. The van der Waals surface area contributed by atoms with E-state index in [1.807, 2.05) is 30.3 Å². The lowest BCUT2D eigenvalue weighted by molar-refractivity contribution is 0.224. The first-order chi connectivity index (χ1) is 11.0. The number of rotatable bonds is 5. The Morgan fingerprint density at radius 1 is 1.13 bits per heavy atom. The molecule has 3 rings (SSSR count). The minimum absolute atomic E-state index is 0.144. The van der Waals surface area contributed by atoms with Crippen LogP contribution in [0.2, 0.25) is 5.02 Å². The van der Waals surface area contributed by atoms with Crippen molar-refractivity contribution >= 4 is 21.6 Å². The van der Waals surface area contributed by atoms with Gasteiger partial charge in [-0.3, -0.25) is 0 Å². The molecule has 0 heterocycles. The van der Waals surface area contributed by atoms with Gasteiger partial charge < -0.3 is 4.74 Å². The minimum atomic E-state index is -3.66. The lowest BCUT2D eigenvalue weighted by Crippen LogP contribution is -2.50. The van der Waals surface area contributed by atoms with E-state index in [9.17, 15) is 8.42 Å². The van der Waals surface area contributed by atoms with Gasteiger partial charge in [0.2, 0.25) is 10.0 Å². The summed E-state index contributed by atoms with van der Waals surface area (Å²) in [5, 5.41) is 0.276. The van der Waals surface area contributed by atoms with Gasteiger partial charge >= 0.3 is 0 Å². The van der Waals surface area contributed by atoms with E-state index >= 15 is 0 Å².